The van der Waals surface area contributed by atoms with Gasteiger partial charge in [0, 0.05) is 6.04 Å². The summed E-state index contributed by atoms with van der Waals surface area (Å²) in [5, 5.41) is 6.07. The number of benzene rings is 1. The summed E-state index contributed by atoms with van der Waals surface area (Å²) in [6.07, 6.45) is 1.23. The zero-order valence-corrected chi connectivity index (χ0v) is 15.4. The summed E-state index contributed by atoms with van der Waals surface area (Å²) >= 11 is 0. The Labute approximate surface area is 156 Å². The van der Waals surface area contributed by atoms with Crippen LogP contribution in [0.1, 0.15) is 57.4 Å². The predicted molar refractivity (Wildman–Crippen MR) is 94.5 cm³/mol. The highest BCUT2D eigenvalue weighted by molar-refractivity contribution is 5.76. The summed E-state index contributed by atoms with van der Waals surface area (Å²) in [5.41, 5.74) is 0.785. The molecule has 4 nitrogen and oxygen atoms in total. The second-order valence-corrected chi connectivity index (χ2v) is 8.47. The number of carbonyl (C=O) groups excluding carboxylic acids is 1. The summed E-state index contributed by atoms with van der Waals surface area (Å²) in [7, 11) is 0. The molecule has 27 heavy (non-hydrogen) atoms. The summed E-state index contributed by atoms with van der Waals surface area (Å²) in [6, 6.07) is 6.64. The number of nitrogens with one attached hydrogen (secondary N) is 2. The molecule has 0 heterocycles. The van der Waals surface area contributed by atoms with E-state index in [1.54, 1.807) is 12.1 Å². The summed E-state index contributed by atoms with van der Waals surface area (Å²) in [4.78, 5) is 12.4. The van der Waals surface area contributed by atoms with Gasteiger partial charge in [0.25, 0.3) is 0 Å². The van der Waals surface area contributed by atoms with Crippen LogP contribution in [0.25, 0.3) is 0 Å². The first-order valence-electron chi connectivity index (χ1n) is 9.62. The molecule has 3 saturated carbocycles. The Morgan fingerprint density at radius 2 is 1.93 bits per heavy atom. The van der Waals surface area contributed by atoms with E-state index in [4.69, 9.17) is 4.74 Å². The van der Waals surface area contributed by atoms with Gasteiger partial charge in [-0.1, -0.05) is 18.6 Å². The number of carbonyl (C=O) groups is 1. The van der Waals surface area contributed by atoms with E-state index in [2.05, 4.69) is 10.6 Å². The standard InChI is InChI=1S/C20H25F3N2O2/c1-13(20(21,22)23)27-16-5-2-4-14(10-16)19(8-9-19)25-17(26)24-15-11-18(12-15)6-3-7-18/h2,4-5,10,13,15H,3,6-9,11-12H2,1H3,(H2,24,25,26). The van der Waals surface area contributed by atoms with Crippen molar-refractivity contribution in [2.45, 2.75) is 75.7 Å². The minimum Gasteiger partial charge on any atom is -0.481 e. The van der Waals surface area contributed by atoms with Gasteiger partial charge in [-0.25, -0.2) is 4.79 Å². The van der Waals surface area contributed by atoms with Gasteiger partial charge in [0.2, 0.25) is 0 Å². The van der Waals surface area contributed by atoms with Crippen LogP contribution in [0, 0.1) is 5.41 Å². The molecule has 1 unspecified atom stereocenters. The molecule has 3 fully saturated rings. The van der Waals surface area contributed by atoms with Crippen LogP contribution in [-0.2, 0) is 5.54 Å². The Balaban J connectivity index is 1.35. The highest BCUT2D eigenvalue weighted by atomic mass is 19.4. The summed E-state index contributed by atoms with van der Waals surface area (Å²) < 4.78 is 43.2. The lowest BCUT2D eigenvalue weighted by Gasteiger charge is -2.54. The van der Waals surface area contributed by atoms with E-state index in [9.17, 15) is 18.0 Å². The maximum Gasteiger partial charge on any atom is 0.425 e. The number of ether oxygens (including phenoxy) is 1. The van der Waals surface area contributed by atoms with Gasteiger partial charge in [-0.3, -0.25) is 0 Å². The van der Waals surface area contributed by atoms with Crippen molar-refractivity contribution in [3.63, 3.8) is 0 Å². The van der Waals surface area contributed by atoms with Crippen LogP contribution in [0.15, 0.2) is 24.3 Å². The molecule has 7 heteroatoms. The van der Waals surface area contributed by atoms with E-state index >= 15 is 0 Å². The second kappa shape index (κ2) is 6.31. The monoisotopic (exact) mass is 382 g/mol. The molecular weight excluding hydrogens is 357 g/mol. The normalized spacial score (nSPS) is 23.7. The van der Waals surface area contributed by atoms with Gasteiger partial charge in [0.05, 0.1) is 5.54 Å². The third-order valence-electron chi connectivity index (χ3n) is 6.37. The molecular formula is C20H25F3N2O2. The maximum absolute atomic E-state index is 12.7. The third-order valence-corrected chi connectivity index (χ3v) is 6.37. The van der Waals surface area contributed by atoms with Crippen molar-refractivity contribution in [1.29, 1.82) is 0 Å². The molecule has 0 aliphatic heterocycles. The SMILES string of the molecule is CC(Oc1cccc(C2(NC(=O)NC3CC4(CCC4)C3)CC2)c1)C(F)(F)F. The lowest BCUT2D eigenvalue weighted by Crippen LogP contribution is -2.56. The number of amides is 2. The molecule has 1 aromatic rings. The predicted octanol–water partition coefficient (Wildman–Crippen LogP) is 4.64. The number of hydrogen-bond acceptors (Lipinski definition) is 2. The average molecular weight is 382 g/mol. The van der Waals surface area contributed by atoms with Crippen LogP contribution >= 0.6 is 0 Å². The van der Waals surface area contributed by atoms with E-state index < -0.39 is 17.8 Å². The topological polar surface area (TPSA) is 50.4 Å². The molecule has 1 atom stereocenters. The highest BCUT2D eigenvalue weighted by Crippen LogP contribution is 2.55. The molecule has 148 valence electrons. The first-order chi connectivity index (χ1) is 12.7. The molecule has 1 spiro atoms. The molecule has 2 amide bonds. The molecule has 0 saturated heterocycles. The lowest BCUT2D eigenvalue weighted by atomic mass is 9.54. The molecule has 0 aromatic heterocycles. The second-order valence-electron chi connectivity index (χ2n) is 8.47. The Morgan fingerprint density at radius 1 is 1.22 bits per heavy atom. The lowest BCUT2D eigenvalue weighted by molar-refractivity contribution is -0.189. The zero-order valence-electron chi connectivity index (χ0n) is 15.4. The quantitative estimate of drug-likeness (QED) is 0.780. The van der Waals surface area contributed by atoms with E-state index in [-0.39, 0.29) is 17.8 Å². The molecule has 1 aromatic carbocycles. The van der Waals surface area contributed by atoms with Crippen molar-refractivity contribution in [1.82, 2.24) is 10.6 Å². The van der Waals surface area contributed by atoms with Crippen LogP contribution in [0.5, 0.6) is 5.75 Å². The highest BCUT2D eigenvalue weighted by Gasteiger charge is 2.50. The third kappa shape index (κ3) is 3.73. The van der Waals surface area contributed by atoms with E-state index in [0.29, 0.717) is 5.41 Å². The van der Waals surface area contributed by atoms with E-state index in [0.717, 1.165) is 38.2 Å². The van der Waals surface area contributed by atoms with Crippen LogP contribution in [0.3, 0.4) is 0 Å². The average Bonchev–Trinajstić information content (AvgIpc) is 3.28. The molecule has 0 radical (unpaired) electrons. The fourth-order valence-corrected chi connectivity index (χ4v) is 4.36. The van der Waals surface area contributed by atoms with Crippen molar-refractivity contribution in [2.24, 2.45) is 5.41 Å². The molecule has 4 rings (SSSR count). The summed E-state index contributed by atoms with van der Waals surface area (Å²) in [5.74, 6) is 0.164. The minimum atomic E-state index is -4.41. The number of hydrogen-bond donors (Lipinski definition) is 2. The van der Waals surface area contributed by atoms with Gasteiger partial charge in [-0.15, -0.1) is 0 Å². The van der Waals surface area contributed by atoms with Crippen LogP contribution < -0.4 is 15.4 Å². The van der Waals surface area contributed by atoms with Crippen molar-refractivity contribution < 1.29 is 22.7 Å². The van der Waals surface area contributed by atoms with Crippen LogP contribution in [0.4, 0.5) is 18.0 Å². The Hall–Kier alpha value is -1.92. The molecule has 3 aliphatic carbocycles. The summed E-state index contributed by atoms with van der Waals surface area (Å²) in [6.45, 7) is 0.985. The van der Waals surface area contributed by atoms with Crippen LogP contribution in [0.2, 0.25) is 0 Å². The van der Waals surface area contributed by atoms with Crippen LogP contribution in [-0.4, -0.2) is 24.4 Å². The number of alkyl halides is 3. The number of halogens is 3. The molecule has 2 N–H and O–H groups in total. The van der Waals surface area contributed by atoms with Gasteiger partial charge in [-0.2, -0.15) is 13.2 Å². The Kier molecular flexibility index (Phi) is 4.31. The molecule has 3 aliphatic rings. The number of urea groups is 1. The zero-order chi connectivity index (χ0) is 19.3. The minimum absolute atomic E-state index is 0.164. The first kappa shape index (κ1) is 18.4. The van der Waals surface area contributed by atoms with E-state index in [1.807, 2.05) is 6.07 Å². The molecule has 0 bridgehead atoms. The Morgan fingerprint density at radius 3 is 2.48 bits per heavy atom. The fourth-order valence-electron chi connectivity index (χ4n) is 4.36. The van der Waals surface area contributed by atoms with Gasteiger partial charge in [-0.05, 0) is 68.6 Å². The fraction of sp³-hybridized carbons (Fsp3) is 0.650. The van der Waals surface area contributed by atoms with Crippen molar-refractivity contribution in [3.8, 4) is 5.75 Å². The van der Waals surface area contributed by atoms with Gasteiger partial charge in [0.15, 0.2) is 6.10 Å². The smallest absolute Gasteiger partial charge is 0.425 e. The van der Waals surface area contributed by atoms with Gasteiger partial charge >= 0.3 is 12.2 Å². The maximum atomic E-state index is 12.7. The van der Waals surface area contributed by atoms with Crippen molar-refractivity contribution >= 4 is 6.03 Å². The Bertz CT molecular complexity index is 718. The van der Waals surface area contributed by atoms with Gasteiger partial charge in [0.1, 0.15) is 5.75 Å². The van der Waals surface area contributed by atoms with Crippen molar-refractivity contribution in [3.05, 3.63) is 29.8 Å². The van der Waals surface area contributed by atoms with Crippen molar-refractivity contribution in [2.75, 3.05) is 0 Å². The number of rotatable bonds is 5. The largest absolute Gasteiger partial charge is 0.481 e. The first-order valence-corrected chi connectivity index (χ1v) is 9.62. The van der Waals surface area contributed by atoms with Gasteiger partial charge < -0.3 is 15.4 Å². The van der Waals surface area contributed by atoms with E-state index in [1.165, 1.54) is 25.3 Å².